The lowest BCUT2D eigenvalue weighted by Gasteiger charge is -2.28. The van der Waals surface area contributed by atoms with Gasteiger partial charge in [0.2, 0.25) is 5.91 Å². The predicted octanol–water partition coefficient (Wildman–Crippen LogP) is 3.72. The molecule has 2 saturated carbocycles. The highest BCUT2D eigenvalue weighted by Gasteiger charge is 2.42. The van der Waals surface area contributed by atoms with Crippen molar-refractivity contribution >= 4 is 28.7 Å². The molecule has 146 valence electrons. The van der Waals surface area contributed by atoms with Gasteiger partial charge in [0.1, 0.15) is 0 Å². The Labute approximate surface area is 165 Å². The van der Waals surface area contributed by atoms with E-state index >= 15 is 0 Å². The van der Waals surface area contributed by atoms with Gasteiger partial charge in [-0.05, 0) is 56.1 Å². The van der Waals surface area contributed by atoms with Gasteiger partial charge in [0.15, 0.2) is 5.16 Å². The van der Waals surface area contributed by atoms with Crippen LogP contribution < -0.4 is 5.32 Å². The van der Waals surface area contributed by atoms with Crippen molar-refractivity contribution in [2.75, 3.05) is 19.5 Å². The highest BCUT2D eigenvalue weighted by Crippen LogP contribution is 2.49. The van der Waals surface area contributed by atoms with Crippen LogP contribution in [-0.2, 0) is 16.1 Å². The number of imidazole rings is 1. The number of nitrogens with one attached hydrogen (secondary N) is 1. The van der Waals surface area contributed by atoms with Crippen molar-refractivity contribution in [1.29, 1.82) is 0 Å². The second-order valence-corrected chi connectivity index (χ2v) is 8.95. The minimum absolute atomic E-state index is 0.112. The molecule has 0 spiro atoms. The Morgan fingerprint density at radius 3 is 2.96 bits per heavy atom. The molecular weight excluding hydrogens is 358 g/mol. The smallest absolute Gasteiger partial charge is 0.230 e. The molecule has 2 aliphatic rings. The van der Waals surface area contributed by atoms with Crippen LogP contribution in [0.25, 0.3) is 11.0 Å². The Bertz CT molecular complexity index is 806. The van der Waals surface area contributed by atoms with E-state index in [1.807, 2.05) is 18.2 Å². The first-order valence-electron chi connectivity index (χ1n) is 10.0. The number of fused-ring (bicyclic) bond motifs is 3. The number of hydrogen-bond acceptors (Lipinski definition) is 4. The van der Waals surface area contributed by atoms with Gasteiger partial charge in [-0.15, -0.1) is 0 Å². The van der Waals surface area contributed by atoms with Crippen molar-refractivity contribution in [3.8, 4) is 0 Å². The van der Waals surface area contributed by atoms with Gasteiger partial charge in [0.25, 0.3) is 0 Å². The third-order valence-electron chi connectivity index (χ3n) is 6.29. The maximum atomic E-state index is 12.5. The summed E-state index contributed by atoms with van der Waals surface area (Å²) in [6.07, 6.45) is 5.43. The Morgan fingerprint density at radius 1 is 1.37 bits per heavy atom. The molecule has 0 saturated heterocycles. The zero-order valence-corrected chi connectivity index (χ0v) is 17.0. The quantitative estimate of drug-likeness (QED) is 0.702. The number of ether oxygens (including phenoxy) is 1. The van der Waals surface area contributed by atoms with Gasteiger partial charge in [-0.2, -0.15) is 0 Å². The molecule has 27 heavy (non-hydrogen) atoms. The monoisotopic (exact) mass is 387 g/mol. The molecule has 4 atom stereocenters. The van der Waals surface area contributed by atoms with Crippen molar-refractivity contribution < 1.29 is 9.53 Å². The van der Waals surface area contributed by atoms with E-state index in [0.717, 1.165) is 34.6 Å². The summed E-state index contributed by atoms with van der Waals surface area (Å²) in [5.41, 5.74) is 2.06. The van der Waals surface area contributed by atoms with Crippen molar-refractivity contribution in [1.82, 2.24) is 14.9 Å². The first kappa shape index (κ1) is 18.8. The molecule has 2 fully saturated rings. The maximum Gasteiger partial charge on any atom is 0.230 e. The number of nitrogens with zero attached hydrogens (tertiary/aromatic N) is 2. The lowest BCUT2D eigenvalue weighted by molar-refractivity contribution is -0.119. The summed E-state index contributed by atoms with van der Waals surface area (Å²) < 4.78 is 7.39. The molecule has 1 aromatic heterocycles. The Morgan fingerprint density at radius 2 is 2.22 bits per heavy atom. The van der Waals surface area contributed by atoms with Gasteiger partial charge >= 0.3 is 0 Å². The van der Waals surface area contributed by atoms with Crippen molar-refractivity contribution in [3.63, 3.8) is 0 Å². The normalized spacial score (nSPS) is 25.2. The van der Waals surface area contributed by atoms with Crippen LogP contribution in [0.1, 0.15) is 32.6 Å². The summed E-state index contributed by atoms with van der Waals surface area (Å²) >= 11 is 1.52. The number of carbonyl (C=O) groups excluding carboxylic acids is 1. The molecule has 4 rings (SSSR count). The average Bonchev–Trinajstić information content (AvgIpc) is 3.38. The second-order valence-electron chi connectivity index (χ2n) is 8.01. The van der Waals surface area contributed by atoms with E-state index in [0.29, 0.717) is 18.3 Å². The van der Waals surface area contributed by atoms with Crippen LogP contribution in [0, 0.1) is 17.8 Å². The minimum atomic E-state index is 0.112. The molecule has 1 aromatic carbocycles. The molecule has 1 amide bonds. The van der Waals surface area contributed by atoms with Gasteiger partial charge in [0, 0.05) is 19.7 Å². The van der Waals surface area contributed by atoms with Gasteiger partial charge in [-0.3, -0.25) is 4.79 Å². The SMILES string of the molecule is COCCn1c(SCC(=O)NC(C)C2CC3CCC2C3)nc2ccccc21. The standard InChI is InChI=1S/C21H29N3O2S/c1-14(17-12-15-7-8-16(17)11-15)22-20(25)13-27-21-23-18-5-3-4-6-19(18)24(21)9-10-26-2/h3-6,14-17H,7-13H2,1-2H3,(H,22,25). The number of carbonyl (C=O) groups is 1. The van der Waals surface area contributed by atoms with Crippen LogP contribution >= 0.6 is 11.8 Å². The molecule has 5 nitrogen and oxygen atoms in total. The second kappa shape index (κ2) is 8.23. The van der Waals surface area contributed by atoms with Gasteiger partial charge in [-0.1, -0.05) is 30.3 Å². The highest BCUT2D eigenvalue weighted by atomic mass is 32.2. The molecule has 6 heteroatoms. The zero-order chi connectivity index (χ0) is 18.8. The fraction of sp³-hybridized carbons (Fsp3) is 0.619. The van der Waals surface area contributed by atoms with E-state index in [1.165, 1.54) is 37.4 Å². The van der Waals surface area contributed by atoms with Crippen LogP contribution in [0.3, 0.4) is 0 Å². The van der Waals surface area contributed by atoms with E-state index in [2.05, 4.69) is 22.9 Å². The van der Waals surface area contributed by atoms with Gasteiger partial charge in [-0.25, -0.2) is 4.98 Å². The zero-order valence-electron chi connectivity index (χ0n) is 16.2. The first-order valence-corrected chi connectivity index (χ1v) is 11.0. The van der Waals surface area contributed by atoms with Crippen molar-refractivity contribution in [2.24, 2.45) is 17.8 Å². The predicted molar refractivity (Wildman–Crippen MR) is 109 cm³/mol. The molecule has 4 unspecified atom stereocenters. The average molecular weight is 388 g/mol. The van der Waals surface area contributed by atoms with Crippen LogP contribution in [0.2, 0.25) is 0 Å². The van der Waals surface area contributed by atoms with Crippen LogP contribution in [0.5, 0.6) is 0 Å². The number of aromatic nitrogens is 2. The van der Waals surface area contributed by atoms with Crippen LogP contribution in [-0.4, -0.2) is 41.0 Å². The molecule has 2 aliphatic carbocycles. The minimum Gasteiger partial charge on any atom is -0.383 e. The summed E-state index contributed by atoms with van der Waals surface area (Å²) in [5.74, 6) is 2.93. The highest BCUT2D eigenvalue weighted by molar-refractivity contribution is 7.99. The van der Waals surface area contributed by atoms with Crippen molar-refractivity contribution in [2.45, 2.75) is 50.4 Å². The van der Waals surface area contributed by atoms with Gasteiger partial charge < -0.3 is 14.6 Å². The van der Waals surface area contributed by atoms with Crippen LogP contribution in [0.15, 0.2) is 29.4 Å². The number of thioether (sulfide) groups is 1. The number of amides is 1. The third kappa shape index (κ3) is 4.02. The number of benzene rings is 1. The molecule has 2 bridgehead atoms. The molecule has 1 N–H and O–H groups in total. The summed E-state index contributed by atoms with van der Waals surface area (Å²) in [7, 11) is 1.70. The number of methoxy groups -OCH3 is 1. The van der Waals surface area contributed by atoms with E-state index in [1.54, 1.807) is 7.11 Å². The molecular formula is C21H29N3O2S. The van der Waals surface area contributed by atoms with E-state index in [4.69, 9.17) is 9.72 Å². The molecule has 2 aromatic rings. The van der Waals surface area contributed by atoms with Crippen LogP contribution in [0.4, 0.5) is 0 Å². The van der Waals surface area contributed by atoms with E-state index < -0.39 is 0 Å². The molecule has 1 heterocycles. The summed E-state index contributed by atoms with van der Waals surface area (Å²) in [4.78, 5) is 17.3. The maximum absolute atomic E-state index is 12.5. The Kier molecular flexibility index (Phi) is 5.74. The topological polar surface area (TPSA) is 56.1 Å². The fourth-order valence-corrected chi connectivity index (χ4v) is 5.85. The number of hydrogen-bond donors (Lipinski definition) is 1. The fourth-order valence-electron chi connectivity index (χ4n) is 5.00. The third-order valence-corrected chi connectivity index (χ3v) is 7.27. The largest absolute Gasteiger partial charge is 0.383 e. The Hall–Kier alpha value is -1.53. The van der Waals surface area contributed by atoms with E-state index in [-0.39, 0.29) is 11.9 Å². The lowest BCUT2D eigenvalue weighted by Crippen LogP contribution is -2.40. The summed E-state index contributed by atoms with van der Waals surface area (Å²) in [5, 5.41) is 4.14. The molecule has 0 radical (unpaired) electrons. The summed E-state index contributed by atoms with van der Waals surface area (Å²) in [6.45, 7) is 3.55. The van der Waals surface area contributed by atoms with E-state index in [9.17, 15) is 4.79 Å². The van der Waals surface area contributed by atoms with Crippen molar-refractivity contribution in [3.05, 3.63) is 24.3 Å². The summed E-state index contributed by atoms with van der Waals surface area (Å²) in [6, 6.07) is 8.37. The number of para-hydroxylation sites is 2. The van der Waals surface area contributed by atoms with Gasteiger partial charge in [0.05, 0.1) is 23.4 Å². The Balaban J connectivity index is 1.37. The lowest BCUT2D eigenvalue weighted by atomic mass is 9.84. The molecule has 0 aliphatic heterocycles. The first-order chi connectivity index (χ1) is 13.2. The number of rotatable bonds is 8.